The maximum atomic E-state index is 13.3. The molecule has 0 radical (unpaired) electrons. The Morgan fingerprint density at radius 2 is 1.72 bits per heavy atom. The van der Waals surface area contributed by atoms with E-state index in [0.717, 1.165) is 4.47 Å². The molecule has 4 rings (SSSR count). The van der Waals surface area contributed by atoms with Gasteiger partial charge in [-0.05, 0) is 70.5 Å². The molecule has 29 heavy (non-hydrogen) atoms. The molecule has 0 N–H and O–H groups in total. The summed E-state index contributed by atoms with van der Waals surface area (Å²) in [6, 6.07) is 17.6. The van der Waals surface area contributed by atoms with Crippen LogP contribution in [0, 0.1) is 0 Å². The van der Waals surface area contributed by atoms with Crippen LogP contribution >= 0.6 is 27.5 Å². The molecule has 5 nitrogen and oxygen atoms in total. The molecule has 0 unspecified atom stereocenters. The minimum absolute atomic E-state index is 0.237. The first-order valence-electron chi connectivity index (χ1n) is 8.64. The van der Waals surface area contributed by atoms with E-state index in [0.29, 0.717) is 45.1 Å². The zero-order chi connectivity index (χ0) is 20.4. The molecule has 4 aromatic rings. The van der Waals surface area contributed by atoms with Crippen molar-refractivity contribution in [3.63, 3.8) is 0 Å². The zero-order valence-electron chi connectivity index (χ0n) is 14.9. The number of hydrogen-bond acceptors (Lipinski definition) is 4. The molecule has 2 heterocycles. The van der Waals surface area contributed by atoms with Crippen LogP contribution in [-0.4, -0.2) is 20.8 Å². The van der Waals surface area contributed by atoms with Crippen molar-refractivity contribution in [3.8, 4) is 5.69 Å². The van der Waals surface area contributed by atoms with Crippen LogP contribution in [0.3, 0.4) is 0 Å². The van der Waals surface area contributed by atoms with Crippen LogP contribution in [0.15, 0.2) is 69.9 Å². The fourth-order valence-corrected chi connectivity index (χ4v) is 3.57. The van der Waals surface area contributed by atoms with Gasteiger partial charge in [-0.25, -0.2) is 9.97 Å². The smallest absolute Gasteiger partial charge is 0.266 e. The van der Waals surface area contributed by atoms with E-state index in [4.69, 9.17) is 11.6 Å². The summed E-state index contributed by atoms with van der Waals surface area (Å²) in [6.07, 6.45) is 4.10. The molecule has 0 bridgehead atoms. The molecule has 0 aliphatic carbocycles. The molecule has 0 aliphatic heterocycles. The highest BCUT2D eigenvalue weighted by Crippen LogP contribution is 2.23. The van der Waals surface area contributed by atoms with Crippen molar-refractivity contribution in [1.82, 2.24) is 14.5 Å². The first-order valence-corrected chi connectivity index (χ1v) is 9.81. The van der Waals surface area contributed by atoms with Gasteiger partial charge < -0.3 is 0 Å². The molecule has 2 aromatic heterocycles. The van der Waals surface area contributed by atoms with Crippen molar-refractivity contribution in [2.45, 2.75) is 0 Å². The lowest BCUT2D eigenvalue weighted by Crippen LogP contribution is -2.22. The predicted octanol–water partition coefficient (Wildman–Crippen LogP) is 5.18. The normalized spacial score (nSPS) is 11.2. The van der Waals surface area contributed by atoms with Gasteiger partial charge in [0.15, 0.2) is 6.29 Å². The number of fused-ring (bicyclic) bond motifs is 1. The molecule has 0 aliphatic rings. The van der Waals surface area contributed by atoms with Crippen LogP contribution < -0.4 is 5.56 Å². The first-order chi connectivity index (χ1) is 14.1. The van der Waals surface area contributed by atoms with Crippen LogP contribution in [0.2, 0.25) is 5.02 Å². The van der Waals surface area contributed by atoms with Gasteiger partial charge in [0, 0.05) is 9.50 Å². The van der Waals surface area contributed by atoms with E-state index in [-0.39, 0.29) is 5.56 Å². The van der Waals surface area contributed by atoms with Gasteiger partial charge >= 0.3 is 0 Å². The van der Waals surface area contributed by atoms with Crippen molar-refractivity contribution in [2.75, 3.05) is 0 Å². The largest absolute Gasteiger partial charge is 0.296 e. The molecule has 7 heteroatoms. The van der Waals surface area contributed by atoms with E-state index in [1.54, 1.807) is 48.6 Å². The quantitative estimate of drug-likeness (QED) is 0.389. The lowest BCUT2D eigenvalue weighted by Gasteiger charge is -2.13. The van der Waals surface area contributed by atoms with Crippen LogP contribution in [-0.2, 0) is 0 Å². The maximum Gasteiger partial charge on any atom is 0.266 e. The third kappa shape index (κ3) is 3.90. The molecule has 2 aromatic carbocycles. The summed E-state index contributed by atoms with van der Waals surface area (Å²) in [5.74, 6) is 0.426. The van der Waals surface area contributed by atoms with Crippen LogP contribution in [0.5, 0.6) is 0 Å². The number of benzene rings is 2. The fraction of sp³-hybridized carbons (Fsp3) is 0. The van der Waals surface area contributed by atoms with Gasteiger partial charge in [-0.2, -0.15) is 0 Å². The number of carbonyl (C=O) groups excluding carboxylic acids is 1. The number of halogens is 2. The van der Waals surface area contributed by atoms with Crippen molar-refractivity contribution < 1.29 is 4.79 Å². The van der Waals surface area contributed by atoms with Crippen LogP contribution in [0.25, 0.3) is 28.7 Å². The Kier molecular flexibility index (Phi) is 5.38. The highest BCUT2D eigenvalue weighted by atomic mass is 79.9. The van der Waals surface area contributed by atoms with Gasteiger partial charge in [-0.1, -0.05) is 29.8 Å². The standard InChI is InChI=1S/C22H13BrClN3O2/c23-18-6-1-2-7-20(18)27-21(11-9-15-4-3-5-16(13-28)25-15)26-19-10-8-14(24)12-17(19)22(27)29/h1-13H/b11-9+. The number of para-hydroxylation sites is 1. The number of carbonyl (C=O) groups is 1. The second kappa shape index (κ2) is 8.11. The van der Waals surface area contributed by atoms with Crippen LogP contribution in [0.4, 0.5) is 0 Å². The van der Waals surface area contributed by atoms with E-state index < -0.39 is 0 Å². The summed E-state index contributed by atoms with van der Waals surface area (Å²) >= 11 is 9.60. The Balaban J connectivity index is 1.96. The maximum absolute atomic E-state index is 13.3. The molecular weight excluding hydrogens is 454 g/mol. The van der Waals surface area contributed by atoms with E-state index in [2.05, 4.69) is 25.9 Å². The number of hydrogen-bond donors (Lipinski definition) is 0. The second-order valence-electron chi connectivity index (χ2n) is 6.16. The Hall–Kier alpha value is -3.09. The molecule has 0 amide bonds. The fourth-order valence-electron chi connectivity index (χ4n) is 2.94. The van der Waals surface area contributed by atoms with E-state index in [9.17, 15) is 9.59 Å². The topological polar surface area (TPSA) is 64.8 Å². The Morgan fingerprint density at radius 3 is 2.52 bits per heavy atom. The van der Waals surface area contributed by atoms with Crippen molar-refractivity contribution in [1.29, 1.82) is 0 Å². The van der Waals surface area contributed by atoms with Gasteiger partial charge in [-0.15, -0.1) is 0 Å². The predicted molar refractivity (Wildman–Crippen MR) is 119 cm³/mol. The summed E-state index contributed by atoms with van der Waals surface area (Å²) in [7, 11) is 0. The molecule has 0 atom stereocenters. The number of aromatic nitrogens is 3. The summed E-state index contributed by atoms with van der Waals surface area (Å²) < 4.78 is 2.27. The number of aldehydes is 1. The SMILES string of the molecule is O=Cc1cccc(/C=C/c2nc3ccc(Cl)cc3c(=O)n2-c2ccccc2Br)n1. The summed E-state index contributed by atoms with van der Waals surface area (Å²) in [5, 5.41) is 0.889. The molecule has 0 spiro atoms. The third-order valence-electron chi connectivity index (χ3n) is 4.27. The Bertz CT molecular complexity index is 1330. The van der Waals surface area contributed by atoms with E-state index in [1.165, 1.54) is 4.57 Å². The average Bonchev–Trinajstić information content (AvgIpc) is 2.74. The average molecular weight is 467 g/mol. The summed E-state index contributed by atoms with van der Waals surface area (Å²) in [4.78, 5) is 33.2. The Morgan fingerprint density at radius 1 is 0.931 bits per heavy atom. The van der Waals surface area contributed by atoms with Gasteiger partial charge in [0.05, 0.1) is 22.3 Å². The van der Waals surface area contributed by atoms with Gasteiger partial charge in [0.2, 0.25) is 0 Å². The highest BCUT2D eigenvalue weighted by Gasteiger charge is 2.13. The van der Waals surface area contributed by atoms with E-state index in [1.807, 2.05) is 24.3 Å². The lowest BCUT2D eigenvalue weighted by molar-refractivity contribution is 0.111. The van der Waals surface area contributed by atoms with Gasteiger partial charge in [-0.3, -0.25) is 14.2 Å². The Labute approximate surface area is 179 Å². The summed E-state index contributed by atoms with van der Waals surface area (Å²) in [5.41, 5.74) is 1.87. The minimum Gasteiger partial charge on any atom is -0.296 e. The van der Waals surface area contributed by atoms with Gasteiger partial charge in [0.1, 0.15) is 11.5 Å². The zero-order valence-corrected chi connectivity index (χ0v) is 17.3. The van der Waals surface area contributed by atoms with Crippen molar-refractivity contribution in [3.05, 3.63) is 97.7 Å². The summed E-state index contributed by atoms with van der Waals surface area (Å²) in [6.45, 7) is 0. The third-order valence-corrected chi connectivity index (χ3v) is 5.17. The number of rotatable bonds is 4. The second-order valence-corrected chi connectivity index (χ2v) is 7.45. The van der Waals surface area contributed by atoms with Crippen molar-refractivity contribution in [2.24, 2.45) is 0 Å². The molecule has 0 saturated carbocycles. The number of nitrogens with zero attached hydrogens (tertiary/aromatic N) is 3. The highest BCUT2D eigenvalue weighted by molar-refractivity contribution is 9.10. The van der Waals surface area contributed by atoms with Gasteiger partial charge in [0.25, 0.3) is 5.56 Å². The molecular formula is C22H13BrClN3O2. The van der Waals surface area contributed by atoms with E-state index >= 15 is 0 Å². The minimum atomic E-state index is -0.237. The molecule has 142 valence electrons. The first kappa shape index (κ1) is 19.2. The number of pyridine rings is 1. The lowest BCUT2D eigenvalue weighted by atomic mass is 10.2. The van der Waals surface area contributed by atoms with Crippen molar-refractivity contribution >= 4 is 56.9 Å². The van der Waals surface area contributed by atoms with Crippen LogP contribution in [0.1, 0.15) is 22.0 Å². The molecule has 0 fully saturated rings. The molecule has 0 saturated heterocycles. The monoisotopic (exact) mass is 465 g/mol.